The van der Waals surface area contributed by atoms with Gasteiger partial charge in [-0.1, -0.05) is 0 Å². The number of aromatic amines is 1. The minimum absolute atomic E-state index is 0.0170. The van der Waals surface area contributed by atoms with Crippen molar-refractivity contribution >= 4 is 11.8 Å². The minimum Gasteiger partial charge on any atom is -0.484 e. The molecule has 0 spiro atoms. The second kappa shape index (κ2) is 8.70. The van der Waals surface area contributed by atoms with Crippen molar-refractivity contribution in [2.24, 2.45) is 0 Å². The molecule has 0 radical (unpaired) electrons. The van der Waals surface area contributed by atoms with Gasteiger partial charge in [0.05, 0.1) is 6.54 Å². The Balaban J connectivity index is 1.51. The van der Waals surface area contributed by atoms with Gasteiger partial charge in [0.25, 0.3) is 11.8 Å². The SMILES string of the molecule is Cc1cnc(CN(C)C(=O)c2ccc(OCC(=O)N3CCCCC3)cc2)[nH]1. The molecule has 0 unspecified atom stereocenters. The van der Waals surface area contributed by atoms with Gasteiger partial charge in [0.1, 0.15) is 11.6 Å². The smallest absolute Gasteiger partial charge is 0.260 e. The number of rotatable bonds is 6. The molecule has 144 valence electrons. The van der Waals surface area contributed by atoms with Gasteiger partial charge < -0.3 is 19.5 Å². The molecule has 7 nitrogen and oxygen atoms in total. The monoisotopic (exact) mass is 370 g/mol. The molecule has 2 amide bonds. The lowest BCUT2D eigenvalue weighted by Crippen LogP contribution is -2.38. The van der Waals surface area contributed by atoms with E-state index in [4.69, 9.17) is 4.74 Å². The highest BCUT2D eigenvalue weighted by molar-refractivity contribution is 5.94. The Morgan fingerprint density at radius 1 is 1.19 bits per heavy atom. The van der Waals surface area contributed by atoms with Crippen molar-refractivity contribution in [3.05, 3.63) is 47.5 Å². The van der Waals surface area contributed by atoms with Crippen LogP contribution in [0.1, 0.15) is 41.1 Å². The molecule has 1 fully saturated rings. The molecule has 0 saturated carbocycles. The summed E-state index contributed by atoms with van der Waals surface area (Å²) in [5, 5.41) is 0. The zero-order valence-electron chi connectivity index (χ0n) is 15.9. The lowest BCUT2D eigenvalue weighted by molar-refractivity contribution is -0.134. The number of carbonyl (C=O) groups is 2. The van der Waals surface area contributed by atoms with Crippen molar-refractivity contribution in [3.8, 4) is 5.75 Å². The number of imidazole rings is 1. The van der Waals surface area contributed by atoms with E-state index >= 15 is 0 Å². The third kappa shape index (κ3) is 5.09. The summed E-state index contributed by atoms with van der Waals surface area (Å²) in [7, 11) is 1.74. The number of ether oxygens (including phenoxy) is 1. The molecule has 7 heteroatoms. The minimum atomic E-state index is -0.0972. The van der Waals surface area contributed by atoms with E-state index in [0.29, 0.717) is 17.9 Å². The number of aryl methyl sites for hydroxylation is 1. The Morgan fingerprint density at radius 3 is 2.52 bits per heavy atom. The summed E-state index contributed by atoms with van der Waals surface area (Å²) in [6.45, 7) is 4.00. The van der Waals surface area contributed by atoms with E-state index in [0.717, 1.165) is 37.4 Å². The summed E-state index contributed by atoms with van der Waals surface area (Å²) >= 11 is 0. The molecular formula is C20H26N4O3. The second-order valence-corrected chi connectivity index (χ2v) is 6.93. The predicted molar refractivity (Wildman–Crippen MR) is 101 cm³/mol. The van der Waals surface area contributed by atoms with Gasteiger partial charge in [-0.25, -0.2) is 4.98 Å². The van der Waals surface area contributed by atoms with Crippen LogP contribution < -0.4 is 4.74 Å². The molecule has 0 aliphatic carbocycles. The van der Waals surface area contributed by atoms with Gasteiger partial charge in [0.15, 0.2) is 6.61 Å². The maximum absolute atomic E-state index is 12.5. The number of piperidine rings is 1. The van der Waals surface area contributed by atoms with Gasteiger partial charge >= 0.3 is 0 Å². The molecule has 27 heavy (non-hydrogen) atoms. The number of hydrogen-bond donors (Lipinski definition) is 1. The maximum atomic E-state index is 12.5. The number of hydrogen-bond acceptors (Lipinski definition) is 4. The third-order valence-corrected chi connectivity index (χ3v) is 4.66. The molecule has 1 aromatic carbocycles. The lowest BCUT2D eigenvalue weighted by Gasteiger charge is -2.26. The molecule has 1 saturated heterocycles. The first-order valence-corrected chi connectivity index (χ1v) is 9.29. The van der Waals surface area contributed by atoms with Gasteiger partial charge in [0.2, 0.25) is 0 Å². The average Bonchev–Trinajstić information content (AvgIpc) is 3.11. The van der Waals surface area contributed by atoms with Crippen molar-refractivity contribution in [2.75, 3.05) is 26.7 Å². The van der Waals surface area contributed by atoms with Crippen LogP contribution in [0.4, 0.5) is 0 Å². The van der Waals surface area contributed by atoms with Gasteiger partial charge in [0, 0.05) is 37.6 Å². The molecular weight excluding hydrogens is 344 g/mol. The van der Waals surface area contributed by atoms with Crippen LogP contribution in [0.3, 0.4) is 0 Å². The number of nitrogens with zero attached hydrogens (tertiary/aromatic N) is 3. The molecule has 2 aromatic rings. The highest BCUT2D eigenvalue weighted by Gasteiger charge is 2.17. The van der Waals surface area contributed by atoms with Crippen LogP contribution in [0.15, 0.2) is 30.5 Å². The van der Waals surface area contributed by atoms with Crippen molar-refractivity contribution in [1.29, 1.82) is 0 Å². The first kappa shape index (κ1) is 18.9. The fourth-order valence-corrected chi connectivity index (χ4v) is 3.14. The molecule has 1 aliphatic rings. The third-order valence-electron chi connectivity index (χ3n) is 4.66. The van der Waals surface area contributed by atoms with Crippen LogP contribution in [-0.2, 0) is 11.3 Å². The second-order valence-electron chi connectivity index (χ2n) is 6.93. The Hall–Kier alpha value is -2.83. The highest BCUT2D eigenvalue weighted by Crippen LogP contribution is 2.15. The van der Waals surface area contributed by atoms with E-state index in [9.17, 15) is 9.59 Å². The summed E-state index contributed by atoms with van der Waals surface area (Å²) in [5.41, 5.74) is 1.53. The van der Waals surface area contributed by atoms with E-state index in [1.807, 2.05) is 11.8 Å². The number of likely N-dealkylation sites (tertiary alicyclic amines) is 1. The number of aromatic nitrogens is 2. The Bertz CT molecular complexity index is 779. The quantitative estimate of drug-likeness (QED) is 0.847. The topological polar surface area (TPSA) is 78.5 Å². The molecule has 1 aliphatic heterocycles. The van der Waals surface area contributed by atoms with Crippen molar-refractivity contribution in [1.82, 2.24) is 19.8 Å². The largest absolute Gasteiger partial charge is 0.484 e. The maximum Gasteiger partial charge on any atom is 0.260 e. The predicted octanol–water partition coefficient (Wildman–Crippen LogP) is 2.38. The van der Waals surface area contributed by atoms with Gasteiger partial charge in [-0.3, -0.25) is 9.59 Å². The van der Waals surface area contributed by atoms with E-state index in [-0.39, 0.29) is 18.4 Å². The number of H-pyrrole nitrogens is 1. The normalized spacial score (nSPS) is 14.1. The number of carbonyl (C=O) groups excluding carboxylic acids is 2. The van der Waals surface area contributed by atoms with Crippen molar-refractivity contribution in [3.63, 3.8) is 0 Å². The Labute approximate surface area is 159 Å². The standard InChI is InChI=1S/C20H26N4O3/c1-15-12-21-18(22-15)13-23(2)20(26)16-6-8-17(9-7-16)27-14-19(25)24-10-4-3-5-11-24/h6-9,12H,3-5,10-11,13-14H2,1-2H3,(H,21,22). The Kier molecular flexibility index (Phi) is 6.11. The molecule has 0 bridgehead atoms. The zero-order valence-corrected chi connectivity index (χ0v) is 15.9. The van der Waals surface area contributed by atoms with Crippen LogP contribution in [-0.4, -0.2) is 58.3 Å². The number of nitrogens with one attached hydrogen (secondary N) is 1. The van der Waals surface area contributed by atoms with E-state index < -0.39 is 0 Å². The first-order valence-electron chi connectivity index (χ1n) is 9.29. The van der Waals surface area contributed by atoms with E-state index in [2.05, 4.69) is 9.97 Å². The molecule has 3 rings (SSSR count). The van der Waals surface area contributed by atoms with Crippen LogP contribution in [0.25, 0.3) is 0 Å². The van der Waals surface area contributed by atoms with E-state index in [1.165, 1.54) is 6.42 Å². The van der Waals surface area contributed by atoms with Gasteiger partial charge in [-0.05, 0) is 50.5 Å². The molecule has 2 heterocycles. The van der Waals surface area contributed by atoms with Gasteiger partial charge in [-0.15, -0.1) is 0 Å². The fraction of sp³-hybridized carbons (Fsp3) is 0.450. The summed E-state index contributed by atoms with van der Waals surface area (Å²) in [4.78, 5) is 35.5. The summed E-state index contributed by atoms with van der Waals surface area (Å²) in [6.07, 6.45) is 5.06. The highest BCUT2D eigenvalue weighted by atomic mass is 16.5. The van der Waals surface area contributed by atoms with Crippen LogP contribution in [0, 0.1) is 6.92 Å². The van der Waals surface area contributed by atoms with Crippen LogP contribution in [0.2, 0.25) is 0 Å². The van der Waals surface area contributed by atoms with Crippen molar-refractivity contribution < 1.29 is 14.3 Å². The number of benzene rings is 1. The summed E-state index contributed by atoms with van der Waals surface area (Å²) in [5.74, 6) is 1.25. The Morgan fingerprint density at radius 2 is 1.89 bits per heavy atom. The molecule has 0 atom stereocenters. The fourth-order valence-electron chi connectivity index (χ4n) is 3.14. The molecule has 1 aromatic heterocycles. The average molecular weight is 370 g/mol. The van der Waals surface area contributed by atoms with Crippen LogP contribution in [0.5, 0.6) is 5.75 Å². The summed E-state index contributed by atoms with van der Waals surface area (Å²) in [6, 6.07) is 6.88. The van der Waals surface area contributed by atoms with Crippen LogP contribution >= 0.6 is 0 Å². The van der Waals surface area contributed by atoms with Gasteiger partial charge in [-0.2, -0.15) is 0 Å². The molecule has 1 N–H and O–H groups in total. The van der Waals surface area contributed by atoms with Crippen molar-refractivity contribution in [2.45, 2.75) is 32.7 Å². The first-order chi connectivity index (χ1) is 13.0. The lowest BCUT2D eigenvalue weighted by atomic mass is 10.1. The zero-order chi connectivity index (χ0) is 19.2. The van der Waals surface area contributed by atoms with E-state index in [1.54, 1.807) is 42.4 Å². The number of amides is 2. The summed E-state index contributed by atoms with van der Waals surface area (Å²) < 4.78 is 5.58.